The van der Waals surface area contributed by atoms with E-state index in [9.17, 15) is 4.79 Å². The fraction of sp³-hybridized carbons (Fsp3) is 0.118. The summed E-state index contributed by atoms with van der Waals surface area (Å²) in [5, 5.41) is 18.3. The molecule has 0 aliphatic carbocycles. The highest BCUT2D eigenvalue weighted by Gasteiger charge is 2.18. The molecule has 3 heterocycles. The van der Waals surface area contributed by atoms with Gasteiger partial charge in [0.05, 0.1) is 23.8 Å². The molecule has 0 radical (unpaired) electrons. The standard InChI is InChI=1S/C17H15N7O/c18-12-5-11(7-19-8-12)10-1-2-15-14(6-10)16(24-23-15)17(25)22-13-3-4-20-21-9-13/h1-8,13H,9,18H2,(H,22,25)(H,23,24). The number of carbonyl (C=O) groups is 1. The number of carbonyl (C=O) groups excluding carboxylic acids is 1. The molecular weight excluding hydrogens is 318 g/mol. The molecule has 8 nitrogen and oxygen atoms in total. The summed E-state index contributed by atoms with van der Waals surface area (Å²) in [4.78, 5) is 16.7. The average Bonchev–Trinajstić information content (AvgIpc) is 3.06. The molecule has 1 amide bonds. The Hall–Kier alpha value is -3.55. The summed E-state index contributed by atoms with van der Waals surface area (Å²) in [5.74, 6) is -0.263. The van der Waals surface area contributed by atoms with Gasteiger partial charge >= 0.3 is 0 Å². The Balaban J connectivity index is 1.68. The number of anilines is 1. The van der Waals surface area contributed by atoms with Crippen LogP contribution in [0.1, 0.15) is 10.5 Å². The minimum absolute atomic E-state index is 0.182. The van der Waals surface area contributed by atoms with Gasteiger partial charge in [0.25, 0.3) is 5.91 Å². The number of aromatic nitrogens is 3. The van der Waals surface area contributed by atoms with Crippen LogP contribution in [0.5, 0.6) is 0 Å². The molecule has 1 aromatic carbocycles. The van der Waals surface area contributed by atoms with Crippen LogP contribution in [0.4, 0.5) is 5.69 Å². The Morgan fingerprint density at radius 2 is 2.16 bits per heavy atom. The second kappa shape index (κ2) is 6.16. The zero-order valence-electron chi connectivity index (χ0n) is 13.2. The summed E-state index contributed by atoms with van der Waals surface area (Å²) in [6.07, 6.45) is 6.69. The maximum absolute atomic E-state index is 12.6. The first-order valence-corrected chi connectivity index (χ1v) is 7.74. The summed E-state index contributed by atoms with van der Waals surface area (Å²) in [6.45, 7) is 0.421. The maximum Gasteiger partial charge on any atom is 0.272 e. The number of nitrogens with one attached hydrogen (secondary N) is 2. The van der Waals surface area contributed by atoms with E-state index in [0.717, 1.165) is 22.0 Å². The van der Waals surface area contributed by atoms with Crippen LogP contribution in [0.2, 0.25) is 0 Å². The molecular formula is C17H15N7O. The van der Waals surface area contributed by atoms with Gasteiger partial charge in [-0.2, -0.15) is 15.3 Å². The van der Waals surface area contributed by atoms with Gasteiger partial charge in [0.2, 0.25) is 0 Å². The van der Waals surface area contributed by atoms with E-state index in [1.54, 1.807) is 24.7 Å². The molecule has 0 saturated heterocycles. The fourth-order valence-corrected chi connectivity index (χ4v) is 2.70. The second-order valence-electron chi connectivity index (χ2n) is 5.70. The van der Waals surface area contributed by atoms with Crippen LogP contribution in [0.15, 0.2) is 59.2 Å². The molecule has 1 aliphatic heterocycles. The normalized spacial score (nSPS) is 16.2. The molecule has 1 unspecified atom stereocenters. The highest BCUT2D eigenvalue weighted by atomic mass is 16.2. The number of pyridine rings is 1. The third-order valence-electron chi connectivity index (χ3n) is 3.93. The Kier molecular flexibility index (Phi) is 3.70. The van der Waals surface area contributed by atoms with Crippen molar-refractivity contribution in [2.45, 2.75) is 6.04 Å². The van der Waals surface area contributed by atoms with Crippen molar-refractivity contribution in [3.8, 4) is 11.1 Å². The van der Waals surface area contributed by atoms with Crippen LogP contribution in [-0.2, 0) is 0 Å². The number of benzene rings is 1. The van der Waals surface area contributed by atoms with Gasteiger partial charge in [-0.15, -0.1) is 0 Å². The van der Waals surface area contributed by atoms with Gasteiger partial charge < -0.3 is 11.1 Å². The first kappa shape index (κ1) is 15.0. The van der Waals surface area contributed by atoms with Crippen molar-refractivity contribution in [1.29, 1.82) is 0 Å². The predicted octanol–water partition coefficient (Wildman–Crippen LogP) is 2.29. The van der Waals surface area contributed by atoms with Crippen LogP contribution in [-0.4, -0.2) is 33.7 Å². The number of nitrogen functional groups attached to an aromatic ring is 1. The van der Waals surface area contributed by atoms with Crippen molar-refractivity contribution in [2.75, 3.05) is 12.3 Å². The van der Waals surface area contributed by atoms with Gasteiger partial charge in [0, 0.05) is 29.5 Å². The number of nitrogens with two attached hydrogens (primary N) is 1. The topological polar surface area (TPSA) is 121 Å². The highest BCUT2D eigenvalue weighted by Crippen LogP contribution is 2.26. The van der Waals surface area contributed by atoms with Crippen molar-refractivity contribution in [3.05, 3.63) is 54.6 Å². The van der Waals surface area contributed by atoms with Gasteiger partial charge in [-0.1, -0.05) is 6.07 Å². The van der Waals surface area contributed by atoms with E-state index in [0.29, 0.717) is 17.9 Å². The van der Waals surface area contributed by atoms with Gasteiger partial charge in [0.15, 0.2) is 5.69 Å². The second-order valence-corrected chi connectivity index (χ2v) is 5.70. The lowest BCUT2D eigenvalue weighted by atomic mass is 10.0. The summed E-state index contributed by atoms with van der Waals surface area (Å²) < 4.78 is 0. The Labute approximate surface area is 142 Å². The quantitative estimate of drug-likeness (QED) is 0.680. The zero-order chi connectivity index (χ0) is 17.2. The number of fused-ring (bicyclic) bond motifs is 1. The summed E-state index contributed by atoms with van der Waals surface area (Å²) in [6, 6.07) is 7.37. The van der Waals surface area contributed by atoms with Gasteiger partial charge in [0.1, 0.15) is 0 Å². The minimum Gasteiger partial charge on any atom is -0.397 e. The average molecular weight is 333 g/mol. The molecule has 0 fully saturated rings. The van der Waals surface area contributed by atoms with Gasteiger partial charge in [-0.05, 0) is 29.8 Å². The number of hydrogen-bond acceptors (Lipinski definition) is 6. The molecule has 0 bridgehead atoms. The molecule has 2 aromatic heterocycles. The van der Waals surface area contributed by atoms with Crippen LogP contribution >= 0.6 is 0 Å². The lowest BCUT2D eigenvalue weighted by molar-refractivity contribution is 0.0941. The molecule has 4 N–H and O–H groups in total. The van der Waals surface area contributed by atoms with Gasteiger partial charge in [-0.25, -0.2) is 0 Å². The largest absolute Gasteiger partial charge is 0.397 e. The number of azo groups is 1. The molecule has 0 saturated carbocycles. The van der Waals surface area contributed by atoms with Crippen molar-refractivity contribution in [2.24, 2.45) is 10.2 Å². The third-order valence-corrected chi connectivity index (χ3v) is 3.93. The number of aromatic amines is 1. The van der Waals surface area contributed by atoms with Crippen molar-refractivity contribution < 1.29 is 4.79 Å². The van der Waals surface area contributed by atoms with Gasteiger partial charge in [-0.3, -0.25) is 14.9 Å². The monoisotopic (exact) mass is 333 g/mol. The van der Waals surface area contributed by atoms with Crippen molar-refractivity contribution in [1.82, 2.24) is 20.5 Å². The van der Waals surface area contributed by atoms with E-state index >= 15 is 0 Å². The molecule has 124 valence electrons. The number of hydrogen-bond donors (Lipinski definition) is 3. The first-order chi connectivity index (χ1) is 12.2. The minimum atomic E-state index is -0.263. The summed E-state index contributed by atoms with van der Waals surface area (Å²) in [7, 11) is 0. The number of amides is 1. The fourth-order valence-electron chi connectivity index (χ4n) is 2.70. The Bertz CT molecular complexity index is 1010. The number of nitrogens with zero attached hydrogens (tertiary/aromatic N) is 4. The number of rotatable bonds is 3. The molecule has 1 atom stereocenters. The van der Waals surface area contributed by atoms with E-state index in [2.05, 4.69) is 30.7 Å². The third kappa shape index (κ3) is 2.97. The van der Waals surface area contributed by atoms with Crippen LogP contribution in [0, 0.1) is 0 Å². The smallest absolute Gasteiger partial charge is 0.272 e. The lowest BCUT2D eigenvalue weighted by Crippen LogP contribution is -2.36. The van der Waals surface area contributed by atoms with E-state index in [4.69, 9.17) is 5.73 Å². The van der Waals surface area contributed by atoms with E-state index in [1.807, 2.05) is 24.3 Å². The number of H-pyrrole nitrogens is 1. The Morgan fingerprint density at radius 3 is 2.96 bits per heavy atom. The molecule has 1 aliphatic rings. The maximum atomic E-state index is 12.6. The molecule has 3 aromatic rings. The van der Waals surface area contributed by atoms with Crippen molar-refractivity contribution in [3.63, 3.8) is 0 Å². The summed E-state index contributed by atoms with van der Waals surface area (Å²) >= 11 is 0. The van der Waals surface area contributed by atoms with Crippen LogP contribution in [0.3, 0.4) is 0 Å². The van der Waals surface area contributed by atoms with E-state index in [-0.39, 0.29) is 11.9 Å². The van der Waals surface area contributed by atoms with E-state index < -0.39 is 0 Å². The SMILES string of the molecule is Nc1cncc(-c2ccc3[nH]nc(C(=O)NC4C=CN=NC4)c3c2)c1. The lowest BCUT2D eigenvalue weighted by Gasteiger charge is -2.12. The van der Waals surface area contributed by atoms with E-state index in [1.165, 1.54) is 0 Å². The van der Waals surface area contributed by atoms with Crippen LogP contribution in [0.25, 0.3) is 22.0 Å². The first-order valence-electron chi connectivity index (χ1n) is 7.74. The molecule has 4 rings (SSSR count). The highest BCUT2D eigenvalue weighted by molar-refractivity contribution is 6.05. The van der Waals surface area contributed by atoms with Crippen LogP contribution < -0.4 is 11.1 Å². The molecule has 25 heavy (non-hydrogen) atoms. The molecule has 8 heteroatoms. The summed E-state index contributed by atoms with van der Waals surface area (Å²) in [5.41, 5.74) is 9.30. The zero-order valence-corrected chi connectivity index (χ0v) is 13.2. The molecule has 0 spiro atoms. The predicted molar refractivity (Wildman–Crippen MR) is 93.9 cm³/mol. The Morgan fingerprint density at radius 1 is 1.24 bits per heavy atom. The van der Waals surface area contributed by atoms with Crippen molar-refractivity contribution >= 4 is 22.5 Å².